The Balaban J connectivity index is 1.93. The molecule has 1 aliphatic carbocycles. The van der Waals surface area contributed by atoms with Gasteiger partial charge >= 0.3 is 0 Å². The van der Waals surface area contributed by atoms with Crippen molar-refractivity contribution in [2.75, 3.05) is 13.6 Å². The number of rotatable bonds is 5. The molecule has 1 aromatic carbocycles. The highest BCUT2D eigenvalue weighted by atomic mass is 15.1. The van der Waals surface area contributed by atoms with Crippen molar-refractivity contribution in [3.8, 4) is 0 Å². The maximum absolute atomic E-state index is 6.42. The van der Waals surface area contributed by atoms with Crippen LogP contribution in [0.4, 0.5) is 0 Å². The molecule has 2 nitrogen and oxygen atoms in total. The highest BCUT2D eigenvalue weighted by Gasteiger charge is 2.23. The van der Waals surface area contributed by atoms with E-state index in [0.717, 1.165) is 5.92 Å². The van der Waals surface area contributed by atoms with Gasteiger partial charge in [0.05, 0.1) is 0 Å². The van der Waals surface area contributed by atoms with Gasteiger partial charge < -0.3 is 10.6 Å². The highest BCUT2D eigenvalue weighted by Crippen LogP contribution is 2.27. The van der Waals surface area contributed by atoms with Gasteiger partial charge in [-0.25, -0.2) is 0 Å². The zero-order valence-electron chi connectivity index (χ0n) is 12.6. The first-order chi connectivity index (χ1) is 9.08. The summed E-state index contributed by atoms with van der Waals surface area (Å²) < 4.78 is 0. The Bertz CT molecular complexity index is 379. The lowest BCUT2D eigenvalue weighted by Gasteiger charge is -2.32. The van der Waals surface area contributed by atoms with Gasteiger partial charge in [-0.15, -0.1) is 0 Å². The van der Waals surface area contributed by atoms with E-state index < -0.39 is 0 Å². The maximum atomic E-state index is 6.42. The topological polar surface area (TPSA) is 29.3 Å². The molecular formula is C17H28N2. The molecule has 2 rings (SSSR count). The Hall–Kier alpha value is -0.860. The van der Waals surface area contributed by atoms with Crippen molar-refractivity contribution in [3.63, 3.8) is 0 Å². The zero-order chi connectivity index (χ0) is 13.8. The molecule has 2 unspecified atom stereocenters. The summed E-state index contributed by atoms with van der Waals surface area (Å²) in [4.78, 5) is 2.44. The summed E-state index contributed by atoms with van der Waals surface area (Å²) in [5.41, 5.74) is 8.96. The SMILES string of the molecule is Cc1ccc(C(N)C(C)N(C)CC2CCCC2)cc1. The average Bonchev–Trinajstić information content (AvgIpc) is 2.90. The smallest absolute Gasteiger partial charge is 0.0450 e. The number of benzene rings is 1. The summed E-state index contributed by atoms with van der Waals surface area (Å²) in [6.45, 7) is 5.56. The number of likely N-dealkylation sites (N-methyl/N-ethyl adjacent to an activating group) is 1. The van der Waals surface area contributed by atoms with E-state index in [-0.39, 0.29) is 6.04 Å². The van der Waals surface area contributed by atoms with Crippen molar-refractivity contribution in [1.82, 2.24) is 4.90 Å². The van der Waals surface area contributed by atoms with Gasteiger partial charge in [-0.2, -0.15) is 0 Å². The predicted octanol–water partition coefficient (Wildman–Crippen LogP) is 3.51. The van der Waals surface area contributed by atoms with E-state index in [0.29, 0.717) is 6.04 Å². The molecule has 0 aliphatic heterocycles. The minimum Gasteiger partial charge on any atom is -0.323 e. The molecule has 1 aliphatic rings. The summed E-state index contributed by atoms with van der Waals surface area (Å²) in [6, 6.07) is 9.13. The minimum atomic E-state index is 0.104. The second kappa shape index (κ2) is 6.53. The third-order valence-corrected chi connectivity index (χ3v) is 4.70. The molecule has 2 N–H and O–H groups in total. The van der Waals surface area contributed by atoms with Crippen molar-refractivity contribution in [2.45, 2.75) is 51.6 Å². The second-order valence-corrected chi connectivity index (χ2v) is 6.27. The molecule has 0 heterocycles. The second-order valence-electron chi connectivity index (χ2n) is 6.27. The number of hydrogen-bond donors (Lipinski definition) is 1. The van der Waals surface area contributed by atoms with E-state index in [1.165, 1.54) is 43.4 Å². The van der Waals surface area contributed by atoms with Crippen LogP contribution < -0.4 is 5.73 Å². The Labute approximate surface area is 118 Å². The van der Waals surface area contributed by atoms with Crippen molar-refractivity contribution < 1.29 is 0 Å². The summed E-state index contributed by atoms with van der Waals surface area (Å²) in [7, 11) is 2.22. The van der Waals surface area contributed by atoms with Crippen LogP contribution in [0.3, 0.4) is 0 Å². The summed E-state index contributed by atoms with van der Waals surface area (Å²) >= 11 is 0. The normalized spacial score (nSPS) is 19.8. The van der Waals surface area contributed by atoms with E-state index in [1.807, 2.05) is 0 Å². The van der Waals surface area contributed by atoms with Crippen LogP contribution in [-0.2, 0) is 0 Å². The average molecular weight is 260 g/mol. The Kier molecular flexibility index (Phi) is 5.00. The first kappa shape index (κ1) is 14.5. The van der Waals surface area contributed by atoms with Crippen molar-refractivity contribution >= 4 is 0 Å². The zero-order valence-corrected chi connectivity index (χ0v) is 12.6. The van der Waals surface area contributed by atoms with Crippen LogP contribution in [0.5, 0.6) is 0 Å². The lowest BCUT2D eigenvalue weighted by molar-refractivity contribution is 0.195. The molecule has 1 fully saturated rings. The van der Waals surface area contributed by atoms with Gasteiger partial charge in [0.2, 0.25) is 0 Å². The van der Waals surface area contributed by atoms with Gasteiger partial charge in [0, 0.05) is 18.6 Å². The number of nitrogens with two attached hydrogens (primary N) is 1. The van der Waals surface area contributed by atoms with Crippen LogP contribution in [0.1, 0.15) is 49.8 Å². The number of nitrogens with zero attached hydrogens (tertiary/aromatic N) is 1. The molecule has 106 valence electrons. The predicted molar refractivity (Wildman–Crippen MR) is 82.2 cm³/mol. The standard InChI is InChI=1S/C17H28N2/c1-13-8-10-16(11-9-13)17(18)14(2)19(3)12-15-6-4-5-7-15/h8-11,14-15,17H,4-7,12,18H2,1-3H3. The molecule has 2 heteroatoms. The monoisotopic (exact) mass is 260 g/mol. The summed E-state index contributed by atoms with van der Waals surface area (Å²) in [5, 5.41) is 0. The molecule has 0 spiro atoms. The van der Waals surface area contributed by atoms with E-state index in [4.69, 9.17) is 5.73 Å². The van der Waals surface area contributed by atoms with Crippen LogP contribution in [0.15, 0.2) is 24.3 Å². The highest BCUT2D eigenvalue weighted by molar-refractivity contribution is 5.24. The molecule has 0 aromatic heterocycles. The largest absolute Gasteiger partial charge is 0.323 e. The lowest BCUT2D eigenvalue weighted by atomic mass is 9.98. The fourth-order valence-corrected chi connectivity index (χ4v) is 3.11. The number of aryl methyl sites for hydroxylation is 1. The fourth-order valence-electron chi connectivity index (χ4n) is 3.11. The maximum Gasteiger partial charge on any atom is 0.0450 e. The molecular weight excluding hydrogens is 232 g/mol. The van der Waals surface area contributed by atoms with Crippen molar-refractivity contribution in [1.29, 1.82) is 0 Å². The van der Waals surface area contributed by atoms with Gasteiger partial charge in [-0.05, 0) is 45.2 Å². The van der Waals surface area contributed by atoms with Crippen LogP contribution in [0, 0.1) is 12.8 Å². The molecule has 0 saturated heterocycles. The molecule has 1 saturated carbocycles. The Morgan fingerprint density at radius 2 is 1.79 bits per heavy atom. The van der Waals surface area contributed by atoms with Gasteiger partial charge in [0.15, 0.2) is 0 Å². The molecule has 2 atom stereocenters. The van der Waals surface area contributed by atoms with Crippen molar-refractivity contribution in [3.05, 3.63) is 35.4 Å². The van der Waals surface area contributed by atoms with Crippen LogP contribution in [-0.4, -0.2) is 24.5 Å². The number of hydrogen-bond acceptors (Lipinski definition) is 2. The van der Waals surface area contributed by atoms with Crippen LogP contribution in [0.2, 0.25) is 0 Å². The third kappa shape index (κ3) is 3.80. The first-order valence-electron chi connectivity index (χ1n) is 7.60. The van der Waals surface area contributed by atoms with E-state index in [2.05, 4.69) is 50.1 Å². The van der Waals surface area contributed by atoms with Crippen molar-refractivity contribution in [2.24, 2.45) is 11.7 Å². The van der Waals surface area contributed by atoms with E-state index >= 15 is 0 Å². The van der Waals surface area contributed by atoms with Crippen LogP contribution >= 0.6 is 0 Å². The lowest BCUT2D eigenvalue weighted by Crippen LogP contribution is -2.40. The van der Waals surface area contributed by atoms with Crippen LogP contribution in [0.25, 0.3) is 0 Å². The van der Waals surface area contributed by atoms with Gasteiger partial charge in [0.25, 0.3) is 0 Å². The first-order valence-corrected chi connectivity index (χ1v) is 7.60. The minimum absolute atomic E-state index is 0.104. The van der Waals surface area contributed by atoms with Gasteiger partial charge in [-0.3, -0.25) is 0 Å². The molecule has 0 amide bonds. The Morgan fingerprint density at radius 3 is 2.37 bits per heavy atom. The third-order valence-electron chi connectivity index (χ3n) is 4.70. The Morgan fingerprint density at radius 1 is 1.21 bits per heavy atom. The molecule has 0 radical (unpaired) electrons. The van der Waals surface area contributed by atoms with Gasteiger partial charge in [-0.1, -0.05) is 42.7 Å². The molecule has 19 heavy (non-hydrogen) atoms. The quantitative estimate of drug-likeness (QED) is 0.878. The summed E-state index contributed by atoms with van der Waals surface area (Å²) in [6.07, 6.45) is 5.63. The molecule has 0 bridgehead atoms. The van der Waals surface area contributed by atoms with E-state index in [1.54, 1.807) is 0 Å². The fraction of sp³-hybridized carbons (Fsp3) is 0.647. The van der Waals surface area contributed by atoms with E-state index in [9.17, 15) is 0 Å². The molecule has 1 aromatic rings. The summed E-state index contributed by atoms with van der Waals surface area (Å²) in [5.74, 6) is 0.887. The van der Waals surface area contributed by atoms with Gasteiger partial charge in [0.1, 0.15) is 0 Å².